The van der Waals surface area contributed by atoms with Gasteiger partial charge < -0.3 is 15.1 Å². The maximum atomic E-state index is 12.9. The highest BCUT2D eigenvalue weighted by Crippen LogP contribution is 2.18. The number of benzene rings is 1. The molecule has 1 aliphatic heterocycles. The summed E-state index contributed by atoms with van der Waals surface area (Å²) in [6.45, 7) is 3.09. The number of thiophene rings is 1. The first kappa shape index (κ1) is 20.2. The highest BCUT2D eigenvalue weighted by atomic mass is 32.1. The highest BCUT2D eigenvalue weighted by molar-refractivity contribution is 7.80. The van der Waals surface area contributed by atoms with Gasteiger partial charge in [-0.1, -0.05) is 18.2 Å². The van der Waals surface area contributed by atoms with Gasteiger partial charge in [0.05, 0.1) is 11.3 Å². The Labute approximate surface area is 173 Å². The SMILES string of the molecule is CN1CCN(C(=O)c2ccccc2NC(=S)NC(=O)C=Cc2cccs2)CC1. The van der Waals surface area contributed by atoms with Crippen LogP contribution in [0.25, 0.3) is 6.08 Å². The topological polar surface area (TPSA) is 64.7 Å². The molecule has 0 bridgehead atoms. The van der Waals surface area contributed by atoms with Gasteiger partial charge in [0.15, 0.2) is 5.11 Å². The van der Waals surface area contributed by atoms with Gasteiger partial charge in [-0.2, -0.15) is 0 Å². The molecule has 6 nitrogen and oxygen atoms in total. The number of para-hydroxylation sites is 1. The van der Waals surface area contributed by atoms with E-state index in [2.05, 4.69) is 15.5 Å². The lowest BCUT2D eigenvalue weighted by molar-refractivity contribution is -0.115. The summed E-state index contributed by atoms with van der Waals surface area (Å²) in [5.74, 6) is -0.364. The first-order chi connectivity index (χ1) is 13.5. The second kappa shape index (κ2) is 9.59. The molecular weight excluding hydrogens is 392 g/mol. The fourth-order valence-corrected chi connectivity index (χ4v) is 3.64. The van der Waals surface area contributed by atoms with E-state index in [1.807, 2.05) is 41.6 Å². The molecule has 1 saturated heterocycles. The Bertz CT molecular complexity index is 872. The minimum absolute atomic E-state index is 0.0390. The van der Waals surface area contributed by atoms with E-state index in [1.54, 1.807) is 29.5 Å². The summed E-state index contributed by atoms with van der Waals surface area (Å²) < 4.78 is 0. The Kier molecular flexibility index (Phi) is 6.91. The molecule has 1 aromatic heterocycles. The molecule has 2 heterocycles. The summed E-state index contributed by atoms with van der Waals surface area (Å²) in [7, 11) is 2.05. The Morgan fingerprint density at radius 3 is 2.57 bits per heavy atom. The van der Waals surface area contributed by atoms with Crippen LogP contribution in [0.1, 0.15) is 15.2 Å². The molecular formula is C20H22N4O2S2. The molecule has 8 heteroatoms. The summed E-state index contributed by atoms with van der Waals surface area (Å²) >= 11 is 6.78. The van der Waals surface area contributed by atoms with Crippen molar-refractivity contribution in [1.82, 2.24) is 15.1 Å². The molecule has 146 valence electrons. The van der Waals surface area contributed by atoms with Crippen molar-refractivity contribution in [2.24, 2.45) is 0 Å². The number of piperazine rings is 1. The van der Waals surface area contributed by atoms with Gasteiger partial charge in [-0.15, -0.1) is 11.3 Å². The molecule has 3 rings (SSSR count). The number of rotatable bonds is 4. The summed E-state index contributed by atoms with van der Waals surface area (Å²) in [4.78, 5) is 29.9. The number of hydrogen-bond acceptors (Lipinski definition) is 5. The molecule has 2 N–H and O–H groups in total. The largest absolute Gasteiger partial charge is 0.336 e. The third-order valence-corrected chi connectivity index (χ3v) is 5.42. The van der Waals surface area contributed by atoms with E-state index in [0.29, 0.717) is 24.3 Å². The average molecular weight is 415 g/mol. The predicted molar refractivity (Wildman–Crippen MR) is 118 cm³/mol. The Morgan fingerprint density at radius 1 is 1.11 bits per heavy atom. The van der Waals surface area contributed by atoms with Gasteiger partial charge in [-0.3, -0.25) is 14.9 Å². The van der Waals surface area contributed by atoms with Crippen molar-refractivity contribution in [3.63, 3.8) is 0 Å². The first-order valence-corrected chi connectivity index (χ1v) is 10.2. The minimum atomic E-state index is -0.325. The van der Waals surface area contributed by atoms with Crippen LogP contribution in [0, 0.1) is 0 Å². The fraction of sp³-hybridized carbons (Fsp3) is 0.250. The van der Waals surface area contributed by atoms with E-state index in [0.717, 1.165) is 18.0 Å². The molecule has 0 radical (unpaired) electrons. The van der Waals surface area contributed by atoms with Gasteiger partial charge in [0.25, 0.3) is 5.91 Å². The first-order valence-electron chi connectivity index (χ1n) is 8.93. The second-order valence-corrected chi connectivity index (χ2v) is 7.82. The summed E-state index contributed by atoms with van der Waals surface area (Å²) in [5, 5.41) is 7.68. The van der Waals surface area contributed by atoms with Crippen molar-refractivity contribution in [3.8, 4) is 0 Å². The lowest BCUT2D eigenvalue weighted by Gasteiger charge is -2.32. The van der Waals surface area contributed by atoms with Crippen molar-refractivity contribution >= 4 is 52.2 Å². The lowest BCUT2D eigenvalue weighted by Crippen LogP contribution is -2.47. The molecule has 1 aliphatic rings. The number of thiocarbonyl (C=S) groups is 1. The van der Waals surface area contributed by atoms with E-state index < -0.39 is 0 Å². The van der Waals surface area contributed by atoms with E-state index in [-0.39, 0.29) is 16.9 Å². The second-order valence-electron chi connectivity index (χ2n) is 6.43. The summed E-state index contributed by atoms with van der Waals surface area (Å²) in [6, 6.07) is 11.0. The molecule has 2 amide bonds. The van der Waals surface area contributed by atoms with Crippen LogP contribution < -0.4 is 10.6 Å². The van der Waals surface area contributed by atoms with Crippen molar-refractivity contribution in [2.75, 3.05) is 38.5 Å². The van der Waals surface area contributed by atoms with Crippen molar-refractivity contribution < 1.29 is 9.59 Å². The van der Waals surface area contributed by atoms with Crippen molar-refractivity contribution in [2.45, 2.75) is 0 Å². The van der Waals surface area contributed by atoms with Gasteiger partial charge in [0.1, 0.15) is 0 Å². The van der Waals surface area contributed by atoms with Crippen molar-refractivity contribution in [1.29, 1.82) is 0 Å². The number of amides is 2. The van der Waals surface area contributed by atoms with Crippen LogP contribution in [-0.4, -0.2) is 60.0 Å². The third kappa shape index (κ3) is 5.48. The molecule has 0 aliphatic carbocycles. The molecule has 1 aromatic carbocycles. The number of anilines is 1. The zero-order valence-electron chi connectivity index (χ0n) is 15.6. The number of likely N-dealkylation sites (N-methyl/N-ethyl adjacent to an activating group) is 1. The van der Waals surface area contributed by atoms with Crippen LogP contribution in [0.4, 0.5) is 5.69 Å². The van der Waals surface area contributed by atoms with E-state index in [1.165, 1.54) is 6.08 Å². The lowest BCUT2D eigenvalue weighted by atomic mass is 10.1. The van der Waals surface area contributed by atoms with Gasteiger partial charge in [0, 0.05) is 37.1 Å². The Hall–Kier alpha value is -2.55. The molecule has 28 heavy (non-hydrogen) atoms. The maximum absolute atomic E-state index is 12.9. The summed E-state index contributed by atoms with van der Waals surface area (Å²) in [6.07, 6.45) is 3.16. The van der Waals surface area contributed by atoms with Crippen LogP contribution in [0.3, 0.4) is 0 Å². The molecule has 0 unspecified atom stereocenters. The quantitative estimate of drug-likeness (QED) is 0.595. The van der Waals surface area contributed by atoms with Crippen LogP contribution >= 0.6 is 23.6 Å². The van der Waals surface area contributed by atoms with E-state index in [9.17, 15) is 9.59 Å². The van der Waals surface area contributed by atoms with Crippen LogP contribution in [-0.2, 0) is 4.79 Å². The normalized spacial score (nSPS) is 14.8. The number of nitrogens with one attached hydrogen (secondary N) is 2. The van der Waals surface area contributed by atoms with Gasteiger partial charge in [0.2, 0.25) is 5.91 Å². The number of nitrogens with zero attached hydrogens (tertiary/aromatic N) is 2. The Balaban J connectivity index is 1.61. The van der Waals surface area contributed by atoms with Crippen molar-refractivity contribution in [3.05, 3.63) is 58.3 Å². The molecule has 1 fully saturated rings. The molecule has 0 atom stereocenters. The fourth-order valence-electron chi connectivity index (χ4n) is 2.81. The van der Waals surface area contributed by atoms with Crippen LogP contribution in [0.2, 0.25) is 0 Å². The molecule has 0 saturated carbocycles. The number of carbonyl (C=O) groups excluding carboxylic acids is 2. The van der Waals surface area contributed by atoms with Crippen LogP contribution in [0.15, 0.2) is 47.9 Å². The predicted octanol–water partition coefficient (Wildman–Crippen LogP) is 2.66. The van der Waals surface area contributed by atoms with E-state index in [4.69, 9.17) is 12.2 Å². The van der Waals surface area contributed by atoms with E-state index >= 15 is 0 Å². The standard InChI is InChI=1S/C20H22N4O2S2/c1-23-10-12-24(13-11-23)19(26)16-6-2-3-7-17(16)21-20(27)22-18(25)9-8-15-5-4-14-28-15/h2-9,14H,10-13H2,1H3,(H2,21,22,25,27). The zero-order chi connectivity index (χ0) is 19.9. The highest BCUT2D eigenvalue weighted by Gasteiger charge is 2.22. The molecule has 2 aromatic rings. The van der Waals surface area contributed by atoms with Crippen LogP contribution in [0.5, 0.6) is 0 Å². The van der Waals surface area contributed by atoms with Gasteiger partial charge in [-0.25, -0.2) is 0 Å². The third-order valence-electron chi connectivity index (χ3n) is 4.38. The Morgan fingerprint density at radius 2 is 1.86 bits per heavy atom. The minimum Gasteiger partial charge on any atom is -0.336 e. The molecule has 0 spiro atoms. The monoisotopic (exact) mass is 414 g/mol. The smallest absolute Gasteiger partial charge is 0.256 e. The summed E-state index contributed by atoms with van der Waals surface area (Å²) in [5.41, 5.74) is 1.12. The number of hydrogen-bond donors (Lipinski definition) is 2. The maximum Gasteiger partial charge on any atom is 0.256 e. The van der Waals surface area contributed by atoms with Gasteiger partial charge in [-0.05, 0) is 48.9 Å². The zero-order valence-corrected chi connectivity index (χ0v) is 17.2. The number of carbonyl (C=O) groups is 2. The van der Waals surface area contributed by atoms with Gasteiger partial charge >= 0.3 is 0 Å². The average Bonchev–Trinajstić information content (AvgIpc) is 3.20.